The molecule has 0 aliphatic carbocycles. The molecule has 5 heteroatoms. The molecule has 0 spiro atoms. The van der Waals surface area contributed by atoms with Crippen LogP contribution >= 0.6 is 0 Å². The molecule has 4 atom stereocenters. The van der Waals surface area contributed by atoms with Crippen molar-refractivity contribution >= 4 is 10.8 Å². The first kappa shape index (κ1) is 16.5. The van der Waals surface area contributed by atoms with E-state index in [1.165, 1.54) is 5.56 Å². The lowest BCUT2D eigenvalue weighted by Crippen LogP contribution is -2.24. The standard InChI is InChI=1S/C16H25NO3S/c1-11(17-3)13-5-6-15(19-4)14(9-13)10-21(18)16-7-8-20-12(16)2/h5-6,9,11-12,16-17H,7-8,10H2,1-4H3. The smallest absolute Gasteiger partial charge is 0.123 e. The third-order valence-electron chi connectivity index (χ3n) is 4.18. The number of methoxy groups -OCH3 is 1. The highest BCUT2D eigenvalue weighted by molar-refractivity contribution is 7.84. The fourth-order valence-corrected chi connectivity index (χ4v) is 4.28. The molecule has 4 unspecified atom stereocenters. The van der Waals surface area contributed by atoms with Crippen molar-refractivity contribution in [3.05, 3.63) is 29.3 Å². The summed E-state index contributed by atoms with van der Waals surface area (Å²) >= 11 is 0. The Morgan fingerprint density at radius 3 is 2.86 bits per heavy atom. The third-order valence-corrected chi connectivity index (χ3v) is 6.07. The summed E-state index contributed by atoms with van der Waals surface area (Å²) in [6.07, 6.45) is 0.958. The monoisotopic (exact) mass is 311 g/mol. The van der Waals surface area contributed by atoms with Crippen molar-refractivity contribution in [2.24, 2.45) is 0 Å². The molecule has 0 radical (unpaired) electrons. The molecule has 21 heavy (non-hydrogen) atoms. The number of rotatable bonds is 6. The molecule has 1 saturated heterocycles. The summed E-state index contributed by atoms with van der Waals surface area (Å²) in [4.78, 5) is 0. The van der Waals surface area contributed by atoms with Crippen LogP contribution in [-0.4, -0.2) is 36.3 Å². The van der Waals surface area contributed by atoms with Gasteiger partial charge in [-0.3, -0.25) is 4.21 Å². The number of benzene rings is 1. The molecule has 0 saturated carbocycles. The highest BCUT2D eigenvalue weighted by atomic mass is 32.2. The topological polar surface area (TPSA) is 47.6 Å². The van der Waals surface area contributed by atoms with Crippen molar-refractivity contribution in [1.82, 2.24) is 5.32 Å². The van der Waals surface area contributed by atoms with Gasteiger partial charge in [0.25, 0.3) is 0 Å². The second kappa shape index (κ2) is 7.38. The van der Waals surface area contributed by atoms with Crippen LogP contribution in [0.3, 0.4) is 0 Å². The van der Waals surface area contributed by atoms with Crippen LogP contribution in [0, 0.1) is 0 Å². The number of nitrogens with one attached hydrogen (secondary N) is 1. The lowest BCUT2D eigenvalue weighted by atomic mass is 10.1. The summed E-state index contributed by atoms with van der Waals surface area (Å²) in [7, 11) is 2.65. The van der Waals surface area contributed by atoms with E-state index in [9.17, 15) is 4.21 Å². The van der Waals surface area contributed by atoms with E-state index in [0.29, 0.717) is 12.4 Å². The molecule has 1 N–H and O–H groups in total. The first-order valence-electron chi connectivity index (χ1n) is 7.39. The lowest BCUT2D eigenvalue weighted by molar-refractivity contribution is 0.127. The van der Waals surface area contributed by atoms with Gasteiger partial charge in [-0.2, -0.15) is 0 Å². The molecule has 118 valence electrons. The number of ether oxygens (including phenoxy) is 2. The summed E-state index contributed by atoms with van der Waals surface area (Å²) in [5, 5.41) is 3.35. The largest absolute Gasteiger partial charge is 0.496 e. The maximum Gasteiger partial charge on any atom is 0.123 e. The van der Waals surface area contributed by atoms with Gasteiger partial charge in [-0.15, -0.1) is 0 Å². The molecular weight excluding hydrogens is 286 g/mol. The Hall–Kier alpha value is -0.910. The van der Waals surface area contributed by atoms with Crippen LogP contribution < -0.4 is 10.1 Å². The minimum absolute atomic E-state index is 0.0799. The predicted octanol–water partition coefficient (Wildman–Crippen LogP) is 2.40. The van der Waals surface area contributed by atoms with E-state index in [4.69, 9.17) is 9.47 Å². The summed E-state index contributed by atoms with van der Waals surface area (Å²) < 4.78 is 23.5. The van der Waals surface area contributed by atoms with Crippen molar-refractivity contribution in [2.45, 2.75) is 43.4 Å². The van der Waals surface area contributed by atoms with E-state index >= 15 is 0 Å². The van der Waals surface area contributed by atoms with Gasteiger partial charge in [-0.05, 0) is 45.0 Å². The van der Waals surface area contributed by atoms with Gasteiger partial charge >= 0.3 is 0 Å². The molecule has 1 heterocycles. The van der Waals surface area contributed by atoms with Gasteiger partial charge in [-0.25, -0.2) is 0 Å². The van der Waals surface area contributed by atoms with Gasteiger partial charge in [0.05, 0.1) is 24.2 Å². The van der Waals surface area contributed by atoms with Crippen LogP contribution in [0.4, 0.5) is 0 Å². The number of hydrogen-bond donors (Lipinski definition) is 1. The molecule has 0 aromatic heterocycles. The summed E-state index contributed by atoms with van der Waals surface area (Å²) in [5.74, 6) is 1.33. The molecule has 1 aromatic carbocycles. The minimum atomic E-state index is -0.937. The van der Waals surface area contributed by atoms with Crippen molar-refractivity contribution in [3.8, 4) is 5.75 Å². The van der Waals surface area contributed by atoms with Gasteiger partial charge in [0.15, 0.2) is 0 Å². The van der Waals surface area contributed by atoms with Crippen molar-refractivity contribution < 1.29 is 13.7 Å². The van der Waals surface area contributed by atoms with E-state index < -0.39 is 10.8 Å². The lowest BCUT2D eigenvalue weighted by Gasteiger charge is -2.17. The predicted molar refractivity (Wildman–Crippen MR) is 86.1 cm³/mol. The van der Waals surface area contributed by atoms with Gasteiger partial charge in [0, 0.05) is 29.0 Å². The maximum absolute atomic E-state index is 12.6. The van der Waals surface area contributed by atoms with Crippen LogP contribution in [0.2, 0.25) is 0 Å². The molecule has 4 nitrogen and oxygen atoms in total. The summed E-state index contributed by atoms with van der Waals surface area (Å²) in [5.41, 5.74) is 2.19. The van der Waals surface area contributed by atoms with Crippen LogP contribution in [0.1, 0.15) is 37.4 Å². The SMILES string of the molecule is CNC(C)c1ccc(OC)c(CS(=O)C2CCOC2C)c1. The second-order valence-corrected chi connectivity index (χ2v) is 7.17. The molecule has 2 rings (SSSR count). The Bertz CT molecular complexity index is 506. The molecule has 1 aliphatic heterocycles. The normalized spacial score (nSPS) is 24.8. The van der Waals surface area contributed by atoms with Gasteiger partial charge < -0.3 is 14.8 Å². The van der Waals surface area contributed by atoms with E-state index in [1.54, 1.807) is 7.11 Å². The van der Waals surface area contributed by atoms with E-state index in [2.05, 4.69) is 18.3 Å². The van der Waals surface area contributed by atoms with Crippen LogP contribution in [0.25, 0.3) is 0 Å². The Morgan fingerprint density at radius 2 is 2.29 bits per heavy atom. The summed E-state index contributed by atoms with van der Waals surface area (Å²) in [6, 6.07) is 6.37. The quantitative estimate of drug-likeness (QED) is 0.876. The summed E-state index contributed by atoms with van der Waals surface area (Å²) in [6.45, 7) is 4.83. The van der Waals surface area contributed by atoms with Crippen molar-refractivity contribution in [3.63, 3.8) is 0 Å². The first-order chi connectivity index (χ1) is 10.1. The first-order valence-corrected chi connectivity index (χ1v) is 8.78. The van der Waals surface area contributed by atoms with Gasteiger partial charge in [0.2, 0.25) is 0 Å². The molecule has 0 amide bonds. The Morgan fingerprint density at radius 1 is 1.52 bits per heavy atom. The molecular formula is C16H25NO3S. The molecule has 1 aromatic rings. The molecule has 1 fully saturated rings. The highest BCUT2D eigenvalue weighted by Crippen LogP contribution is 2.27. The molecule has 0 bridgehead atoms. The highest BCUT2D eigenvalue weighted by Gasteiger charge is 2.30. The fourth-order valence-electron chi connectivity index (χ4n) is 2.66. The number of hydrogen-bond acceptors (Lipinski definition) is 4. The Labute approximate surface area is 129 Å². The van der Waals surface area contributed by atoms with Crippen molar-refractivity contribution in [1.29, 1.82) is 0 Å². The average Bonchev–Trinajstić information content (AvgIpc) is 2.92. The Kier molecular flexibility index (Phi) is 5.79. The van der Waals surface area contributed by atoms with Crippen LogP contribution in [-0.2, 0) is 21.3 Å². The Balaban J connectivity index is 2.18. The zero-order valence-corrected chi connectivity index (χ0v) is 14.0. The second-order valence-electron chi connectivity index (χ2n) is 5.51. The third kappa shape index (κ3) is 3.84. The van der Waals surface area contributed by atoms with Gasteiger partial charge in [-0.1, -0.05) is 6.07 Å². The average molecular weight is 311 g/mol. The van der Waals surface area contributed by atoms with Crippen LogP contribution in [0.15, 0.2) is 18.2 Å². The minimum Gasteiger partial charge on any atom is -0.496 e. The maximum atomic E-state index is 12.6. The fraction of sp³-hybridized carbons (Fsp3) is 0.625. The zero-order valence-electron chi connectivity index (χ0n) is 13.2. The van der Waals surface area contributed by atoms with Crippen LogP contribution in [0.5, 0.6) is 5.75 Å². The van der Waals surface area contributed by atoms with Crippen molar-refractivity contribution in [2.75, 3.05) is 20.8 Å². The molecule has 1 aliphatic rings. The van der Waals surface area contributed by atoms with E-state index in [1.807, 2.05) is 26.1 Å². The zero-order chi connectivity index (χ0) is 15.4. The van der Waals surface area contributed by atoms with E-state index in [0.717, 1.165) is 17.7 Å². The van der Waals surface area contributed by atoms with E-state index in [-0.39, 0.29) is 17.4 Å². The van der Waals surface area contributed by atoms with Gasteiger partial charge in [0.1, 0.15) is 5.75 Å².